The SMILES string of the molecule is COc1cccc(-c2nnc(C(=O)NS(=O)(=O)Cc3cccc(F)c3)n2-c2c(OC)cccc2OC)n1. The van der Waals surface area contributed by atoms with Crippen LogP contribution in [0.1, 0.15) is 16.2 Å². The van der Waals surface area contributed by atoms with Crippen LogP contribution in [-0.2, 0) is 15.8 Å². The predicted molar refractivity (Wildman–Crippen MR) is 131 cm³/mol. The predicted octanol–water partition coefficient (Wildman–Crippen LogP) is 2.75. The Kier molecular flexibility index (Phi) is 7.34. The first-order valence-corrected chi connectivity index (χ1v) is 12.4. The van der Waals surface area contributed by atoms with Crippen LogP contribution >= 0.6 is 0 Å². The van der Waals surface area contributed by atoms with Crippen LogP contribution < -0.4 is 18.9 Å². The standard InChI is InChI=1S/C24H22FN5O6S/c1-34-18-10-6-11-19(35-2)21(18)30-22(17-9-5-12-20(26-17)36-3)27-28-23(30)24(31)29-37(32,33)14-15-7-4-8-16(25)13-15/h4-13H,14H2,1-3H3,(H,29,31). The molecule has 1 N–H and O–H groups in total. The van der Waals surface area contributed by atoms with Crippen LogP contribution in [0.5, 0.6) is 17.4 Å². The smallest absolute Gasteiger partial charge is 0.303 e. The second-order valence-electron chi connectivity index (χ2n) is 7.58. The Morgan fingerprint density at radius 1 is 0.946 bits per heavy atom. The molecule has 0 aliphatic rings. The van der Waals surface area contributed by atoms with Gasteiger partial charge in [0.15, 0.2) is 5.82 Å². The number of amides is 1. The number of hydrogen-bond donors (Lipinski definition) is 1. The summed E-state index contributed by atoms with van der Waals surface area (Å²) in [5.41, 5.74) is 0.681. The highest BCUT2D eigenvalue weighted by molar-refractivity contribution is 7.89. The van der Waals surface area contributed by atoms with Gasteiger partial charge in [0.05, 0.1) is 27.1 Å². The van der Waals surface area contributed by atoms with Crippen LogP contribution in [0, 0.1) is 5.82 Å². The fraction of sp³-hybridized carbons (Fsp3) is 0.167. The summed E-state index contributed by atoms with van der Waals surface area (Å²) in [6.07, 6.45) is 0. The second-order valence-corrected chi connectivity index (χ2v) is 9.30. The maximum Gasteiger partial charge on any atom is 0.303 e. The Labute approximate surface area is 211 Å². The minimum atomic E-state index is -4.24. The van der Waals surface area contributed by atoms with Crippen molar-refractivity contribution < 1.29 is 31.8 Å². The molecule has 2 heterocycles. The van der Waals surface area contributed by atoms with Gasteiger partial charge in [0.1, 0.15) is 28.7 Å². The Hall–Kier alpha value is -4.52. The van der Waals surface area contributed by atoms with Crippen LogP contribution in [0.4, 0.5) is 4.39 Å². The van der Waals surface area contributed by atoms with E-state index in [1.165, 1.54) is 44.1 Å². The Morgan fingerprint density at radius 2 is 1.62 bits per heavy atom. The zero-order chi connectivity index (χ0) is 26.6. The number of aromatic nitrogens is 4. The van der Waals surface area contributed by atoms with Crippen LogP contribution in [0.2, 0.25) is 0 Å². The van der Waals surface area contributed by atoms with E-state index in [2.05, 4.69) is 15.2 Å². The number of carbonyl (C=O) groups excluding carboxylic acids is 1. The topological polar surface area (TPSA) is 135 Å². The van der Waals surface area contributed by atoms with E-state index >= 15 is 0 Å². The van der Waals surface area contributed by atoms with Crippen molar-refractivity contribution in [2.75, 3.05) is 21.3 Å². The summed E-state index contributed by atoms with van der Waals surface area (Å²) in [5, 5.41) is 8.08. The number of nitrogens with one attached hydrogen (secondary N) is 1. The highest BCUT2D eigenvalue weighted by atomic mass is 32.2. The highest BCUT2D eigenvalue weighted by Crippen LogP contribution is 2.36. The molecular formula is C24H22FN5O6S. The number of benzene rings is 2. The number of nitrogens with zero attached hydrogens (tertiary/aromatic N) is 4. The average molecular weight is 528 g/mol. The van der Waals surface area contributed by atoms with Gasteiger partial charge in [-0.1, -0.05) is 24.3 Å². The monoisotopic (exact) mass is 527 g/mol. The summed E-state index contributed by atoms with van der Waals surface area (Å²) in [4.78, 5) is 17.6. The van der Waals surface area contributed by atoms with E-state index in [-0.39, 0.29) is 34.5 Å². The first-order valence-electron chi connectivity index (χ1n) is 10.7. The molecule has 4 aromatic rings. The number of para-hydroxylation sites is 1. The van der Waals surface area contributed by atoms with Gasteiger partial charge in [-0.25, -0.2) is 22.5 Å². The summed E-state index contributed by atoms with van der Waals surface area (Å²) >= 11 is 0. The molecule has 0 aliphatic carbocycles. The number of carbonyl (C=O) groups is 1. The lowest BCUT2D eigenvalue weighted by Gasteiger charge is -2.17. The number of pyridine rings is 1. The molecular weight excluding hydrogens is 505 g/mol. The first-order chi connectivity index (χ1) is 17.8. The maximum absolute atomic E-state index is 13.5. The number of ether oxygens (including phenoxy) is 3. The Morgan fingerprint density at radius 3 is 2.27 bits per heavy atom. The molecule has 0 radical (unpaired) electrons. The van der Waals surface area contributed by atoms with Gasteiger partial charge >= 0.3 is 5.91 Å². The van der Waals surface area contributed by atoms with Gasteiger partial charge in [0.25, 0.3) is 0 Å². The van der Waals surface area contributed by atoms with E-state index in [0.29, 0.717) is 11.5 Å². The largest absolute Gasteiger partial charge is 0.494 e. The van der Waals surface area contributed by atoms with E-state index in [0.717, 1.165) is 6.07 Å². The van der Waals surface area contributed by atoms with Crippen molar-refractivity contribution in [1.29, 1.82) is 0 Å². The summed E-state index contributed by atoms with van der Waals surface area (Å²) in [5.74, 6) is -1.74. The zero-order valence-corrected chi connectivity index (χ0v) is 20.8. The normalized spacial score (nSPS) is 11.1. The molecule has 0 bridgehead atoms. The molecule has 1 amide bonds. The molecule has 192 valence electrons. The lowest BCUT2D eigenvalue weighted by molar-refractivity contribution is 0.0969. The van der Waals surface area contributed by atoms with Gasteiger partial charge in [-0.2, -0.15) is 0 Å². The highest BCUT2D eigenvalue weighted by Gasteiger charge is 2.29. The van der Waals surface area contributed by atoms with Gasteiger partial charge in [-0.3, -0.25) is 9.36 Å². The third-order valence-electron chi connectivity index (χ3n) is 5.15. The summed E-state index contributed by atoms with van der Waals surface area (Å²) < 4.78 is 58.5. The molecule has 0 spiro atoms. The molecule has 0 saturated heterocycles. The minimum Gasteiger partial charge on any atom is -0.494 e. The minimum absolute atomic E-state index is 0.0920. The fourth-order valence-electron chi connectivity index (χ4n) is 3.58. The van der Waals surface area contributed by atoms with Crippen LogP contribution in [0.15, 0.2) is 60.7 Å². The van der Waals surface area contributed by atoms with Crippen molar-refractivity contribution in [3.8, 4) is 34.6 Å². The average Bonchev–Trinajstić information content (AvgIpc) is 3.32. The van der Waals surface area contributed by atoms with E-state index in [1.807, 2.05) is 4.72 Å². The van der Waals surface area contributed by atoms with Crippen LogP contribution in [0.25, 0.3) is 17.2 Å². The molecule has 13 heteroatoms. The number of sulfonamides is 1. The molecule has 0 fully saturated rings. The Bertz CT molecular complexity index is 1530. The zero-order valence-electron chi connectivity index (χ0n) is 20.0. The summed E-state index contributed by atoms with van der Waals surface area (Å²) in [7, 11) is 0.0580. The first kappa shape index (κ1) is 25.6. The number of methoxy groups -OCH3 is 3. The fourth-order valence-corrected chi connectivity index (χ4v) is 4.65. The summed E-state index contributed by atoms with van der Waals surface area (Å²) in [6.45, 7) is 0. The van der Waals surface area contributed by atoms with Crippen molar-refractivity contribution in [2.45, 2.75) is 5.75 Å². The molecule has 2 aromatic heterocycles. The van der Waals surface area contributed by atoms with E-state index in [9.17, 15) is 17.6 Å². The van der Waals surface area contributed by atoms with Crippen LogP contribution in [-0.4, -0.2) is 55.4 Å². The van der Waals surface area contributed by atoms with Gasteiger partial charge < -0.3 is 14.2 Å². The Balaban J connectivity index is 1.83. The molecule has 0 saturated carbocycles. The molecule has 0 atom stereocenters. The summed E-state index contributed by atoms with van der Waals surface area (Å²) in [6, 6.07) is 14.9. The molecule has 2 aromatic carbocycles. The maximum atomic E-state index is 13.5. The van der Waals surface area contributed by atoms with Gasteiger partial charge in [-0.05, 0) is 35.9 Å². The van der Waals surface area contributed by atoms with Crippen molar-refractivity contribution in [3.05, 3.63) is 77.9 Å². The quantitative estimate of drug-likeness (QED) is 0.349. The van der Waals surface area contributed by atoms with E-state index in [1.54, 1.807) is 36.4 Å². The third-order valence-corrected chi connectivity index (χ3v) is 6.36. The van der Waals surface area contributed by atoms with E-state index < -0.39 is 27.5 Å². The van der Waals surface area contributed by atoms with Crippen LogP contribution in [0.3, 0.4) is 0 Å². The van der Waals surface area contributed by atoms with Crippen molar-refractivity contribution in [3.63, 3.8) is 0 Å². The van der Waals surface area contributed by atoms with Gasteiger partial charge in [0.2, 0.25) is 21.7 Å². The van der Waals surface area contributed by atoms with E-state index in [4.69, 9.17) is 14.2 Å². The lowest BCUT2D eigenvalue weighted by Crippen LogP contribution is -2.33. The lowest BCUT2D eigenvalue weighted by atomic mass is 10.2. The molecule has 11 nitrogen and oxygen atoms in total. The third kappa shape index (κ3) is 5.51. The number of hydrogen-bond acceptors (Lipinski definition) is 9. The number of rotatable bonds is 9. The van der Waals surface area contributed by atoms with Crippen molar-refractivity contribution >= 4 is 15.9 Å². The second kappa shape index (κ2) is 10.6. The molecule has 0 unspecified atom stereocenters. The molecule has 0 aliphatic heterocycles. The number of halogens is 1. The molecule has 37 heavy (non-hydrogen) atoms. The van der Waals surface area contributed by atoms with Crippen molar-refractivity contribution in [2.24, 2.45) is 0 Å². The molecule has 4 rings (SSSR count). The van der Waals surface area contributed by atoms with Gasteiger partial charge in [0, 0.05) is 6.07 Å². The van der Waals surface area contributed by atoms with Gasteiger partial charge in [-0.15, -0.1) is 10.2 Å². The van der Waals surface area contributed by atoms with Crippen molar-refractivity contribution in [1.82, 2.24) is 24.5 Å².